The Bertz CT molecular complexity index is 1210. The normalized spacial score (nSPS) is 21.1. The van der Waals surface area contributed by atoms with E-state index in [4.69, 9.17) is 11.6 Å². The highest BCUT2D eigenvalue weighted by Crippen LogP contribution is 2.51. The molecule has 0 fully saturated rings. The summed E-state index contributed by atoms with van der Waals surface area (Å²) in [6, 6.07) is 19.4. The molecule has 0 saturated carbocycles. The third kappa shape index (κ3) is 3.41. The maximum atomic E-state index is 13.3. The van der Waals surface area contributed by atoms with E-state index in [9.17, 15) is 14.9 Å². The fourth-order valence-electron chi connectivity index (χ4n) is 4.72. The van der Waals surface area contributed by atoms with Crippen LogP contribution in [0, 0.1) is 16.0 Å². The van der Waals surface area contributed by atoms with Crippen LogP contribution in [0.25, 0.3) is 0 Å². The number of carbonyl (C=O) groups is 1. The zero-order chi connectivity index (χ0) is 21.5. The van der Waals surface area contributed by atoms with Crippen LogP contribution < -0.4 is 5.32 Å². The molecule has 0 saturated heterocycles. The first-order valence-corrected chi connectivity index (χ1v) is 10.5. The van der Waals surface area contributed by atoms with Crippen molar-refractivity contribution in [1.82, 2.24) is 0 Å². The Morgan fingerprint density at radius 2 is 1.81 bits per heavy atom. The van der Waals surface area contributed by atoms with Crippen LogP contribution in [0.2, 0.25) is 5.02 Å². The molecule has 3 atom stereocenters. The van der Waals surface area contributed by atoms with Crippen molar-refractivity contribution in [3.05, 3.63) is 116 Å². The highest BCUT2D eigenvalue weighted by Gasteiger charge is 2.39. The molecule has 0 radical (unpaired) electrons. The van der Waals surface area contributed by atoms with Gasteiger partial charge in [0.2, 0.25) is 0 Å². The molecule has 31 heavy (non-hydrogen) atoms. The average molecular weight is 431 g/mol. The van der Waals surface area contributed by atoms with Crippen LogP contribution in [0.5, 0.6) is 0 Å². The number of benzene rings is 3. The van der Waals surface area contributed by atoms with E-state index < -0.39 is 4.92 Å². The summed E-state index contributed by atoms with van der Waals surface area (Å²) >= 11 is 6.44. The van der Waals surface area contributed by atoms with Gasteiger partial charge in [0.1, 0.15) is 0 Å². The molecule has 5 rings (SSSR count). The van der Waals surface area contributed by atoms with Crippen molar-refractivity contribution in [2.24, 2.45) is 5.92 Å². The first-order valence-electron chi connectivity index (χ1n) is 10.1. The third-order valence-electron chi connectivity index (χ3n) is 6.18. The van der Waals surface area contributed by atoms with Crippen molar-refractivity contribution in [2.45, 2.75) is 18.4 Å². The molecular formula is C25H19ClN2O3. The lowest BCUT2D eigenvalue weighted by Gasteiger charge is -2.38. The second-order valence-corrected chi connectivity index (χ2v) is 8.37. The minimum absolute atomic E-state index is 0.0628. The largest absolute Gasteiger partial charge is 0.377 e. The minimum Gasteiger partial charge on any atom is -0.377 e. The molecule has 1 heterocycles. The summed E-state index contributed by atoms with van der Waals surface area (Å²) in [6.07, 6.45) is 5.22. The zero-order valence-corrected chi connectivity index (χ0v) is 17.3. The molecule has 1 aliphatic heterocycles. The first kappa shape index (κ1) is 19.5. The molecule has 154 valence electrons. The molecule has 0 bridgehead atoms. The van der Waals surface area contributed by atoms with Gasteiger partial charge in [0.25, 0.3) is 5.69 Å². The summed E-state index contributed by atoms with van der Waals surface area (Å²) in [5, 5.41) is 15.2. The van der Waals surface area contributed by atoms with Gasteiger partial charge in [-0.2, -0.15) is 0 Å². The number of ketones is 1. The summed E-state index contributed by atoms with van der Waals surface area (Å²) in [5.74, 6) is 0.277. The Kier molecular flexibility index (Phi) is 4.83. The summed E-state index contributed by atoms with van der Waals surface area (Å²) < 4.78 is 0. The van der Waals surface area contributed by atoms with Crippen molar-refractivity contribution < 1.29 is 9.72 Å². The van der Waals surface area contributed by atoms with Crippen LogP contribution >= 0.6 is 11.6 Å². The third-order valence-corrected chi connectivity index (χ3v) is 6.40. The predicted molar refractivity (Wildman–Crippen MR) is 121 cm³/mol. The molecule has 0 aromatic heterocycles. The molecule has 0 amide bonds. The number of carbonyl (C=O) groups excluding carboxylic acids is 1. The van der Waals surface area contributed by atoms with E-state index in [1.807, 2.05) is 24.3 Å². The van der Waals surface area contributed by atoms with Crippen LogP contribution in [0.15, 0.2) is 78.9 Å². The number of nitrogens with one attached hydrogen (secondary N) is 1. The van der Waals surface area contributed by atoms with Gasteiger partial charge < -0.3 is 5.32 Å². The molecule has 6 heteroatoms. The van der Waals surface area contributed by atoms with Crippen molar-refractivity contribution in [2.75, 3.05) is 5.32 Å². The lowest BCUT2D eigenvalue weighted by atomic mass is 9.76. The van der Waals surface area contributed by atoms with Crippen LogP contribution in [-0.4, -0.2) is 10.7 Å². The number of halogens is 1. The Labute approximate surface area is 184 Å². The predicted octanol–water partition coefficient (Wildman–Crippen LogP) is 6.31. The quantitative estimate of drug-likeness (QED) is 0.228. The van der Waals surface area contributed by atoms with Gasteiger partial charge >= 0.3 is 0 Å². The molecule has 0 unspecified atom stereocenters. The van der Waals surface area contributed by atoms with Crippen molar-refractivity contribution in [3.63, 3.8) is 0 Å². The lowest BCUT2D eigenvalue weighted by molar-refractivity contribution is -0.384. The van der Waals surface area contributed by atoms with Crippen molar-refractivity contribution >= 4 is 28.8 Å². The maximum absolute atomic E-state index is 13.3. The fraction of sp³-hybridized carbons (Fsp3) is 0.160. The van der Waals surface area contributed by atoms with Gasteiger partial charge in [-0.15, -0.1) is 0 Å². The van der Waals surface area contributed by atoms with Gasteiger partial charge in [-0.25, -0.2) is 0 Å². The van der Waals surface area contributed by atoms with E-state index >= 15 is 0 Å². The van der Waals surface area contributed by atoms with Crippen LogP contribution in [0.4, 0.5) is 11.4 Å². The Balaban J connectivity index is 1.61. The molecule has 2 aliphatic rings. The second-order valence-electron chi connectivity index (χ2n) is 7.94. The van der Waals surface area contributed by atoms with Gasteiger partial charge in [0.15, 0.2) is 5.78 Å². The van der Waals surface area contributed by atoms with Gasteiger partial charge in [0, 0.05) is 39.9 Å². The SMILES string of the molecule is O=C(c1ccccc1)c1cc(Cl)cc2c1N[C@H](c1ccc([N+](=O)[O-])cc1)[C@H]1CC=C[C@@H]21. The Morgan fingerprint density at radius 1 is 1.06 bits per heavy atom. The summed E-state index contributed by atoms with van der Waals surface area (Å²) in [7, 11) is 0. The number of rotatable bonds is 4. The monoisotopic (exact) mass is 430 g/mol. The van der Waals surface area contributed by atoms with E-state index in [1.54, 1.807) is 30.3 Å². The zero-order valence-electron chi connectivity index (χ0n) is 16.5. The smallest absolute Gasteiger partial charge is 0.269 e. The molecule has 1 aliphatic carbocycles. The highest BCUT2D eigenvalue weighted by atomic mass is 35.5. The van der Waals surface area contributed by atoms with Crippen molar-refractivity contribution in [1.29, 1.82) is 0 Å². The summed E-state index contributed by atoms with van der Waals surface area (Å²) in [4.78, 5) is 24.0. The molecule has 5 nitrogen and oxygen atoms in total. The van der Waals surface area contributed by atoms with Crippen molar-refractivity contribution in [3.8, 4) is 0 Å². The van der Waals surface area contributed by atoms with Gasteiger partial charge in [-0.05, 0) is 35.6 Å². The molecule has 0 spiro atoms. The number of nitro benzene ring substituents is 1. The topological polar surface area (TPSA) is 72.2 Å². The first-order chi connectivity index (χ1) is 15.0. The van der Waals surface area contributed by atoms with E-state index in [1.165, 1.54) is 12.1 Å². The Morgan fingerprint density at radius 3 is 2.52 bits per heavy atom. The number of allylic oxidation sites excluding steroid dienone is 2. The highest BCUT2D eigenvalue weighted by molar-refractivity contribution is 6.31. The number of non-ortho nitro benzene ring substituents is 1. The second kappa shape index (κ2) is 7.67. The van der Waals surface area contributed by atoms with Gasteiger partial charge in [0.05, 0.1) is 11.0 Å². The van der Waals surface area contributed by atoms with E-state index in [0.717, 1.165) is 23.2 Å². The molecule has 1 N–H and O–H groups in total. The Hall–Kier alpha value is -3.44. The average Bonchev–Trinajstić information content (AvgIpc) is 3.29. The number of nitrogens with zero attached hydrogens (tertiary/aromatic N) is 1. The maximum Gasteiger partial charge on any atom is 0.269 e. The molecule has 3 aromatic rings. The number of fused-ring (bicyclic) bond motifs is 3. The standard InChI is InChI=1S/C25H19ClN2O3/c26-17-13-21-19-7-4-8-20(19)23(15-9-11-18(12-10-15)28(30)31)27-24(21)22(14-17)25(29)16-5-2-1-3-6-16/h1-7,9-14,19-20,23,27H,8H2/t19-,20+,23-/m1/s1. The van der Waals surface area contributed by atoms with E-state index in [0.29, 0.717) is 16.1 Å². The minimum atomic E-state index is -0.397. The number of nitro groups is 1. The molecule has 3 aromatic carbocycles. The fourth-order valence-corrected chi connectivity index (χ4v) is 4.95. The number of hydrogen-bond acceptors (Lipinski definition) is 4. The lowest BCUT2D eigenvalue weighted by Crippen LogP contribution is -2.30. The van der Waals surface area contributed by atoms with Gasteiger partial charge in [-0.3, -0.25) is 14.9 Å². The van der Waals surface area contributed by atoms with Crippen LogP contribution in [0.3, 0.4) is 0 Å². The van der Waals surface area contributed by atoms with Gasteiger partial charge in [-0.1, -0.05) is 66.2 Å². The number of anilines is 1. The van der Waals surface area contributed by atoms with E-state index in [-0.39, 0.29) is 29.3 Å². The summed E-state index contributed by atoms with van der Waals surface area (Å²) in [6.45, 7) is 0. The van der Waals surface area contributed by atoms with E-state index in [2.05, 4.69) is 17.5 Å². The summed E-state index contributed by atoms with van der Waals surface area (Å²) in [5.41, 5.74) is 3.97. The number of hydrogen-bond donors (Lipinski definition) is 1. The molecular weight excluding hydrogens is 412 g/mol. The van der Waals surface area contributed by atoms with Crippen LogP contribution in [0.1, 0.15) is 45.4 Å². The van der Waals surface area contributed by atoms with Crippen LogP contribution in [-0.2, 0) is 0 Å².